The fraction of sp³-hybridized carbons (Fsp3) is 0.471. The monoisotopic (exact) mass is 288 g/mol. The number of pyridine rings is 1. The molecule has 1 heterocycles. The van der Waals surface area contributed by atoms with E-state index in [4.69, 9.17) is 0 Å². The van der Waals surface area contributed by atoms with Crippen LogP contribution in [0.4, 0.5) is 0 Å². The van der Waals surface area contributed by atoms with Crippen LogP contribution in [0.25, 0.3) is 10.9 Å². The minimum atomic E-state index is 0.423. The number of nitrogens with zero attached hydrogens (tertiary/aromatic N) is 1. The largest absolute Gasteiger partial charge is 0.309 e. The number of hydrogen-bond acceptors (Lipinski definition) is 3. The lowest BCUT2D eigenvalue weighted by Gasteiger charge is -2.20. The Morgan fingerprint density at radius 3 is 2.85 bits per heavy atom. The van der Waals surface area contributed by atoms with Crippen molar-refractivity contribution in [3.05, 3.63) is 42.1 Å². The van der Waals surface area contributed by atoms with Crippen LogP contribution < -0.4 is 5.32 Å². The molecule has 0 saturated heterocycles. The van der Waals surface area contributed by atoms with Gasteiger partial charge < -0.3 is 5.32 Å². The first-order valence-electron chi connectivity index (χ1n) is 7.40. The highest BCUT2D eigenvalue weighted by molar-refractivity contribution is 7.99. The average molecular weight is 288 g/mol. The predicted octanol–water partition coefficient (Wildman–Crippen LogP) is 4.42. The minimum Gasteiger partial charge on any atom is -0.309 e. The second-order valence-electron chi connectivity index (χ2n) is 5.34. The number of thioether (sulfide) groups is 1. The summed E-state index contributed by atoms with van der Waals surface area (Å²) in [7, 11) is 0. The maximum absolute atomic E-state index is 4.39. The van der Waals surface area contributed by atoms with Crippen molar-refractivity contribution >= 4 is 22.7 Å². The highest BCUT2D eigenvalue weighted by atomic mass is 32.2. The van der Waals surface area contributed by atoms with E-state index in [0.29, 0.717) is 11.3 Å². The van der Waals surface area contributed by atoms with Gasteiger partial charge in [0.1, 0.15) is 0 Å². The smallest absolute Gasteiger partial charge is 0.0702 e. The number of fused-ring (bicyclic) bond motifs is 1. The molecule has 0 radical (unpaired) electrons. The number of hydrogen-bond donors (Lipinski definition) is 1. The second-order valence-corrected chi connectivity index (χ2v) is 6.95. The van der Waals surface area contributed by atoms with Crippen LogP contribution in [-0.4, -0.2) is 22.5 Å². The zero-order valence-electron chi connectivity index (χ0n) is 12.6. The van der Waals surface area contributed by atoms with Crippen molar-refractivity contribution in [1.29, 1.82) is 0 Å². The molecule has 20 heavy (non-hydrogen) atoms. The van der Waals surface area contributed by atoms with Gasteiger partial charge >= 0.3 is 0 Å². The van der Waals surface area contributed by atoms with Gasteiger partial charge in [-0.15, -0.1) is 0 Å². The van der Waals surface area contributed by atoms with Crippen LogP contribution in [0.15, 0.2) is 36.5 Å². The number of rotatable bonds is 7. The van der Waals surface area contributed by atoms with E-state index in [2.05, 4.69) is 55.3 Å². The lowest BCUT2D eigenvalue weighted by atomic mass is 10.1. The van der Waals surface area contributed by atoms with Gasteiger partial charge in [-0.2, -0.15) is 11.8 Å². The third-order valence-corrected chi connectivity index (χ3v) is 4.46. The van der Waals surface area contributed by atoms with Crippen LogP contribution in [-0.2, 0) is 0 Å². The fourth-order valence-corrected chi connectivity index (χ4v) is 3.08. The highest BCUT2D eigenvalue weighted by Crippen LogP contribution is 2.24. The van der Waals surface area contributed by atoms with E-state index in [0.717, 1.165) is 24.2 Å². The van der Waals surface area contributed by atoms with Gasteiger partial charge in [-0.05, 0) is 42.0 Å². The fourth-order valence-electron chi connectivity index (χ4n) is 2.19. The van der Waals surface area contributed by atoms with Crippen LogP contribution in [0.3, 0.4) is 0 Å². The molecule has 108 valence electrons. The third-order valence-electron chi connectivity index (χ3n) is 3.27. The molecule has 1 unspecified atom stereocenters. The summed E-state index contributed by atoms with van der Waals surface area (Å²) in [6.07, 6.45) is 3.02. The first kappa shape index (κ1) is 15.3. The van der Waals surface area contributed by atoms with Crippen molar-refractivity contribution in [3.8, 4) is 0 Å². The molecule has 0 amide bonds. The molecule has 0 fully saturated rings. The second kappa shape index (κ2) is 7.65. The molecule has 0 bridgehead atoms. The zero-order valence-corrected chi connectivity index (χ0v) is 13.4. The molecule has 0 saturated carbocycles. The number of aromatic nitrogens is 1. The van der Waals surface area contributed by atoms with Crippen molar-refractivity contribution in [2.24, 2.45) is 0 Å². The standard InChI is InChI=1S/C17H24N2S/c1-4-9-18-17(12-20-13(2)3)15-7-8-16-14(11-15)6-5-10-19-16/h5-8,10-11,13,17-18H,4,9,12H2,1-3H3. The Morgan fingerprint density at radius 1 is 1.25 bits per heavy atom. The molecule has 3 heteroatoms. The summed E-state index contributed by atoms with van der Waals surface area (Å²) in [6, 6.07) is 11.2. The van der Waals surface area contributed by atoms with E-state index in [-0.39, 0.29) is 0 Å². The SMILES string of the molecule is CCCNC(CSC(C)C)c1ccc2ncccc2c1. The van der Waals surface area contributed by atoms with Gasteiger partial charge in [0.15, 0.2) is 0 Å². The predicted molar refractivity (Wildman–Crippen MR) is 90.4 cm³/mol. The average Bonchev–Trinajstić information content (AvgIpc) is 2.46. The van der Waals surface area contributed by atoms with E-state index in [1.165, 1.54) is 10.9 Å². The summed E-state index contributed by atoms with van der Waals surface area (Å²) in [4.78, 5) is 4.39. The summed E-state index contributed by atoms with van der Waals surface area (Å²) in [5.41, 5.74) is 2.44. The summed E-state index contributed by atoms with van der Waals surface area (Å²) < 4.78 is 0. The van der Waals surface area contributed by atoms with Crippen LogP contribution in [0.2, 0.25) is 0 Å². The van der Waals surface area contributed by atoms with Gasteiger partial charge in [-0.1, -0.05) is 32.9 Å². The summed E-state index contributed by atoms with van der Waals surface area (Å²) in [5.74, 6) is 1.11. The number of nitrogens with one attached hydrogen (secondary N) is 1. The Labute approximate surface area is 126 Å². The van der Waals surface area contributed by atoms with Gasteiger partial charge in [-0.3, -0.25) is 4.98 Å². The summed E-state index contributed by atoms with van der Waals surface area (Å²) >= 11 is 2.01. The Kier molecular flexibility index (Phi) is 5.86. The van der Waals surface area contributed by atoms with E-state index in [9.17, 15) is 0 Å². The summed E-state index contributed by atoms with van der Waals surface area (Å²) in [5, 5.41) is 5.56. The van der Waals surface area contributed by atoms with E-state index in [1.54, 1.807) is 0 Å². The molecule has 0 spiro atoms. The molecule has 1 N–H and O–H groups in total. The summed E-state index contributed by atoms with van der Waals surface area (Å²) in [6.45, 7) is 7.79. The lowest BCUT2D eigenvalue weighted by Crippen LogP contribution is -2.24. The van der Waals surface area contributed by atoms with Crippen molar-refractivity contribution in [2.45, 2.75) is 38.5 Å². The van der Waals surface area contributed by atoms with Crippen molar-refractivity contribution in [1.82, 2.24) is 10.3 Å². The van der Waals surface area contributed by atoms with Gasteiger partial charge in [0.25, 0.3) is 0 Å². The van der Waals surface area contributed by atoms with Gasteiger partial charge in [0, 0.05) is 23.4 Å². The zero-order chi connectivity index (χ0) is 14.4. The third kappa shape index (κ3) is 4.22. The van der Waals surface area contributed by atoms with E-state index >= 15 is 0 Å². The maximum atomic E-state index is 4.39. The molecular formula is C17H24N2S. The molecule has 2 rings (SSSR count). The van der Waals surface area contributed by atoms with E-state index in [1.807, 2.05) is 24.0 Å². The van der Waals surface area contributed by atoms with Gasteiger partial charge in [0.05, 0.1) is 5.52 Å². The molecule has 2 nitrogen and oxygen atoms in total. The van der Waals surface area contributed by atoms with Crippen LogP contribution >= 0.6 is 11.8 Å². The topological polar surface area (TPSA) is 24.9 Å². The van der Waals surface area contributed by atoms with Gasteiger partial charge in [-0.25, -0.2) is 0 Å². The van der Waals surface area contributed by atoms with Crippen molar-refractivity contribution < 1.29 is 0 Å². The Bertz CT molecular complexity index is 539. The Balaban J connectivity index is 2.19. The van der Waals surface area contributed by atoms with Crippen LogP contribution in [0, 0.1) is 0 Å². The highest BCUT2D eigenvalue weighted by Gasteiger charge is 2.12. The molecule has 1 atom stereocenters. The van der Waals surface area contributed by atoms with E-state index < -0.39 is 0 Å². The van der Waals surface area contributed by atoms with Crippen molar-refractivity contribution in [2.75, 3.05) is 12.3 Å². The van der Waals surface area contributed by atoms with Crippen molar-refractivity contribution in [3.63, 3.8) is 0 Å². The molecule has 1 aromatic heterocycles. The molecule has 2 aromatic rings. The molecule has 1 aromatic carbocycles. The molecule has 0 aliphatic heterocycles. The quantitative estimate of drug-likeness (QED) is 0.816. The molecule has 0 aliphatic carbocycles. The van der Waals surface area contributed by atoms with Gasteiger partial charge in [0.2, 0.25) is 0 Å². The Morgan fingerprint density at radius 2 is 2.10 bits per heavy atom. The van der Waals surface area contributed by atoms with Crippen LogP contribution in [0.1, 0.15) is 38.8 Å². The normalized spacial score (nSPS) is 13.0. The first-order chi connectivity index (χ1) is 9.70. The minimum absolute atomic E-state index is 0.423. The lowest BCUT2D eigenvalue weighted by molar-refractivity contribution is 0.577. The Hall–Kier alpha value is -1.06. The molecular weight excluding hydrogens is 264 g/mol. The number of benzene rings is 1. The van der Waals surface area contributed by atoms with Crippen LogP contribution in [0.5, 0.6) is 0 Å². The molecule has 0 aliphatic rings. The maximum Gasteiger partial charge on any atom is 0.0702 e. The first-order valence-corrected chi connectivity index (χ1v) is 8.45.